The molecule has 0 saturated heterocycles. The molecule has 1 atom stereocenters. The summed E-state index contributed by atoms with van der Waals surface area (Å²) < 4.78 is 31.9. The molecule has 0 aliphatic carbocycles. The number of aliphatic hydroxyl groups is 1. The molecule has 0 radical (unpaired) electrons. The van der Waals surface area contributed by atoms with Gasteiger partial charge in [0.05, 0.1) is 36.7 Å². The van der Waals surface area contributed by atoms with E-state index >= 15 is 0 Å². The molecule has 9 heteroatoms. The van der Waals surface area contributed by atoms with E-state index in [0.29, 0.717) is 30.2 Å². The van der Waals surface area contributed by atoms with E-state index in [9.17, 15) is 9.50 Å². The maximum atomic E-state index is 14.5. The van der Waals surface area contributed by atoms with Crippen molar-refractivity contribution < 1.29 is 23.7 Å². The van der Waals surface area contributed by atoms with Crippen molar-refractivity contribution in [3.05, 3.63) is 54.3 Å². The number of anilines is 1. The van der Waals surface area contributed by atoms with Gasteiger partial charge in [0.1, 0.15) is 12.4 Å². The van der Waals surface area contributed by atoms with Crippen molar-refractivity contribution in [1.29, 1.82) is 0 Å². The zero-order chi connectivity index (χ0) is 22.9. The van der Waals surface area contributed by atoms with Crippen molar-refractivity contribution in [2.24, 2.45) is 0 Å². The van der Waals surface area contributed by atoms with Gasteiger partial charge in [-0.2, -0.15) is 4.98 Å². The van der Waals surface area contributed by atoms with Crippen LogP contribution in [0.3, 0.4) is 0 Å². The fraction of sp³-hybridized carbons (Fsp3) is 0.391. The lowest BCUT2D eigenvalue weighted by Gasteiger charge is -2.15. The Labute approximate surface area is 187 Å². The van der Waals surface area contributed by atoms with Crippen molar-refractivity contribution in [3.63, 3.8) is 0 Å². The molecule has 0 bridgehead atoms. The smallest absolute Gasteiger partial charge is 0.336 e. The number of nitrogens with one attached hydrogen (secondary N) is 1. The zero-order valence-corrected chi connectivity index (χ0v) is 18.5. The summed E-state index contributed by atoms with van der Waals surface area (Å²) in [7, 11) is 1.58. The third-order valence-electron chi connectivity index (χ3n) is 4.50. The molecule has 2 aromatic carbocycles. The first kappa shape index (κ1) is 23.6. The molecule has 2 N–H and O–H groups in total. The summed E-state index contributed by atoms with van der Waals surface area (Å²) >= 11 is 0. The highest BCUT2D eigenvalue weighted by molar-refractivity contribution is 5.60. The van der Waals surface area contributed by atoms with Crippen LogP contribution in [0.2, 0.25) is 0 Å². The van der Waals surface area contributed by atoms with Crippen LogP contribution >= 0.6 is 0 Å². The summed E-state index contributed by atoms with van der Waals surface area (Å²) in [6.07, 6.45) is -0.550. The van der Waals surface area contributed by atoms with E-state index in [2.05, 4.69) is 15.4 Å². The van der Waals surface area contributed by atoms with Gasteiger partial charge in [-0.15, -0.1) is 5.10 Å². The van der Waals surface area contributed by atoms with Crippen LogP contribution in [-0.2, 0) is 9.47 Å². The summed E-state index contributed by atoms with van der Waals surface area (Å²) in [6, 6.07) is 13.9. The van der Waals surface area contributed by atoms with Crippen LogP contribution in [0.5, 0.6) is 6.01 Å². The second-order valence-corrected chi connectivity index (χ2v) is 7.41. The molecule has 8 nitrogen and oxygen atoms in total. The molecule has 1 unspecified atom stereocenters. The Morgan fingerprint density at radius 1 is 1.09 bits per heavy atom. The number of ether oxygens (including phenoxy) is 3. The molecule has 3 rings (SSSR count). The number of methoxy groups -OCH3 is 1. The van der Waals surface area contributed by atoms with E-state index in [1.807, 2.05) is 38.1 Å². The van der Waals surface area contributed by atoms with Gasteiger partial charge < -0.3 is 24.6 Å². The highest BCUT2D eigenvalue weighted by Crippen LogP contribution is 2.26. The molecule has 3 aromatic rings. The van der Waals surface area contributed by atoms with Crippen LogP contribution in [0.1, 0.15) is 13.8 Å². The first-order chi connectivity index (χ1) is 15.5. The van der Waals surface area contributed by atoms with Crippen molar-refractivity contribution in [2.45, 2.75) is 26.1 Å². The molecule has 0 aliphatic rings. The first-order valence-corrected chi connectivity index (χ1v) is 10.5. The summed E-state index contributed by atoms with van der Waals surface area (Å²) in [5.41, 5.74) is 1.82. The molecule has 0 spiro atoms. The lowest BCUT2D eigenvalue weighted by atomic mass is 10.2. The SMILES string of the molecule is COCCOc1nc(-c2ccccc2F)n(-c2ccc(NCC(O)COC(C)C)cc2)n1. The maximum Gasteiger partial charge on any atom is 0.336 e. The van der Waals surface area contributed by atoms with E-state index < -0.39 is 11.9 Å². The minimum atomic E-state index is -0.619. The van der Waals surface area contributed by atoms with Gasteiger partial charge in [0, 0.05) is 19.3 Å². The number of rotatable bonds is 12. The number of halogens is 1. The summed E-state index contributed by atoms with van der Waals surface area (Å²) in [4.78, 5) is 4.38. The zero-order valence-electron chi connectivity index (χ0n) is 18.5. The Balaban J connectivity index is 1.78. The normalized spacial score (nSPS) is 12.2. The van der Waals surface area contributed by atoms with Gasteiger partial charge >= 0.3 is 6.01 Å². The van der Waals surface area contributed by atoms with E-state index in [1.165, 1.54) is 10.7 Å². The van der Waals surface area contributed by atoms with Crippen LogP contribution in [0.25, 0.3) is 17.1 Å². The highest BCUT2D eigenvalue weighted by Gasteiger charge is 2.17. The van der Waals surface area contributed by atoms with Gasteiger partial charge in [0.15, 0.2) is 5.82 Å². The Bertz CT molecular complexity index is 978. The van der Waals surface area contributed by atoms with Gasteiger partial charge in [-0.25, -0.2) is 9.07 Å². The lowest BCUT2D eigenvalue weighted by molar-refractivity contribution is 0.0112. The lowest BCUT2D eigenvalue weighted by Crippen LogP contribution is -2.26. The quantitative estimate of drug-likeness (QED) is 0.414. The number of benzene rings is 2. The van der Waals surface area contributed by atoms with Crippen molar-refractivity contribution in [1.82, 2.24) is 14.8 Å². The average molecular weight is 445 g/mol. The topological polar surface area (TPSA) is 90.7 Å². The second kappa shape index (κ2) is 11.6. The van der Waals surface area contributed by atoms with Crippen LogP contribution < -0.4 is 10.1 Å². The predicted octanol–water partition coefficient (Wildman–Crippen LogP) is 3.30. The molecule has 32 heavy (non-hydrogen) atoms. The summed E-state index contributed by atoms with van der Waals surface area (Å²) in [5.74, 6) is -0.0713. The average Bonchev–Trinajstić information content (AvgIpc) is 3.21. The number of hydrogen-bond donors (Lipinski definition) is 2. The molecular formula is C23H29FN4O4. The Kier molecular flexibility index (Phi) is 8.55. The Morgan fingerprint density at radius 3 is 2.53 bits per heavy atom. The van der Waals surface area contributed by atoms with Crippen molar-refractivity contribution in [2.75, 3.05) is 38.8 Å². The van der Waals surface area contributed by atoms with Crippen molar-refractivity contribution >= 4 is 5.69 Å². The molecular weight excluding hydrogens is 415 g/mol. The molecule has 1 heterocycles. The van der Waals surface area contributed by atoms with E-state index in [4.69, 9.17) is 14.2 Å². The van der Waals surface area contributed by atoms with Crippen LogP contribution in [-0.4, -0.2) is 65.6 Å². The minimum absolute atomic E-state index is 0.0682. The number of aromatic nitrogens is 3. The third-order valence-corrected chi connectivity index (χ3v) is 4.50. The first-order valence-electron chi connectivity index (χ1n) is 10.5. The number of nitrogens with zero attached hydrogens (tertiary/aromatic N) is 3. The fourth-order valence-electron chi connectivity index (χ4n) is 2.89. The van der Waals surface area contributed by atoms with Crippen LogP contribution in [0.4, 0.5) is 10.1 Å². The van der Waals surface area contributed by atoms with E-state index in [1.54, 1.807) is 25.3 Å². The van der Waals surface area contributed by atoms with Gasteiger partial charge in [-0.1, -0.05) is 12.1 Å². The number of hydrogen-bond acceptors (Lipinski definition) is 7. The Morgan fingerprint density at radius 2 is 1.84 bits per heavy atom. The molecule has 172 valence electrons. The van der Waals surface area contributed by atoms with Crippen LogP contribution in [0, 0.1) is 5.82 Å². The molecule has 0 fully saturated rings. The van der Waals surface area contributed by atoms with Gasteiger partial charge in [0.25, 0.3) is 0 Å². The molecule has 0 amide bonds. The maximum absolute atomic E-state index is 14.5. The largest absolute Gasteiger partial charge is 0.460 e. The third kappa shape index (κ3) is 6.49. The standard InChI is InChI=1S/C23H29FN4O4/c1-16(2)32-15-19(29)14-25-17-8-10-18(11-9-17)28-22(20-6-4-5-7-21(20)24)26-23(27-28)31-13-12-30-3/h4-11,16,19,25,29H,12-15H2,1-3H3. The summed E-state index contributed by atoms with van der Waals surface area (Å²) in [5, 5.41) is 17.6. The van der Waals surface area contributed by atoms with Gasteiger partial charge in [-0.05, 0) is 50.2 Å². The van der Waals surface area contributed by atoms with Crippen molar-refractivity contribution in [3.8, 4) is 23.1 Å². The molecule has 1 aromatic heterocycles. The second-order valence-electron chi connectivity index (χ2n) is 7.41. The predicted molar refractivity (Wildman–Crippen MR) is 120 cm³/mol. The fourth-order valence-corrected chi connectivity index (χ4v) is 2.89. The summed E-state index contributed by atoms with van der Waals surface area (Å²) in [6.45, 7) is 5.13. The minimum Gasteiger partial charge on any atom is -0.460 e. The molecule has 0 saturated carbocycles. The number of aliphatic hydroxyl groups excluding tert-OH is 1. The molecule has 0 aliphatic heterocycles. The van der Waals surface area contributed by atoms with Crippen LogP contribution in [0.15, 0.2) is 48.5 Å². The highest BCUT2D eigenvalue weighted by atomic mass is 19.1. The van der Waals surface area contributed by atoms with Gasteiger partial charge in [0.2, 0.25) is 0 Å². The monoisotopic (exact) mass is 444 g/mol. The Hall–Kier alpha value is -3.01. The van der Waals surface area contributed by atoms with E-state index in [-0.39, 0.29) is 25.3 Å². The van der Waals surface area contributed by atoms with Gasteiger partial charge in [-0.3, -0.25) is 0 Å². The van der Waals surface area contributed by atoms with E-state index in [0.717, 1.165) is 5.69 Å².